The third kappa shape index (κ3) is 9.14. The first-order valence-corrected chi connectivity index (χ1v) is 3.90. The molecule has 0 aromatic heterocycles. The highest BCUT2D eigenvalue weighted by Gasteiger charge is 2.05. The molecule has 11 heavy (non-hydrogen) atoms. The van der Waals surface area contributed by atoms with Crippen molar-refractivity contribution in [2.75, 3.05) is 0 Å². The van der Waals surface area contributed by atoms with Crippen molar-refractivity contribution in [3.8, 4) is 0 Å². The molecule has 1 rings (SSSR count). The minimum Gasteiger partial charge on any atom is -0.370 e. The summed E-state index contributed by atoms with van der Waals surface area (Å²) in [5.74, 6) is 0.131. The van der Waals surface area contributed by atoms with Crippen molar-refractivity contribution in [2.45, 2.75) is 39.0 Å². The van der Waals surface area contributed by atoms with Crippen LogP contribution in [0.1, 0.15) is 39.0 Å². The van der Waals surface area contributed by atoms with E-state index in [1.54, 1.807) is 0 Å². The van der Waals surface area contributed by atoms with E-state index in [0.717, 1.165) is 25.7 Å². The molecule has 0 heterocycles. The van der Waals surface area contributed by atoms with Crippen LogP contribution in [0.2, 0.25) is 0 Å². The number of nitrogens with two attached hydrogens (primary N) is 1. The van der Waals surface area contributed by atoms with Crippen molar-refractivity contribution in [3.05, 3.63) is 0 Å². The number of primary amides is 1. The van der Waals surface area contributed by atoms with Crippen LogP contribution in [-0.2, 0) is 9.59 Å². The number of ketones is 1. The van der Waals surface area contributed by atoms with E-state index in [-0.39, 0.29) is 5.91 Å². The highest BCUT2D eigenvalue weighted by Crippen LogP contribution is 2.12. The van der Waals surface area contributed by atoms with Crippen LogP contribution in [0, 0.1) is 0 Å². The van der Waals surface area contributed by atoms with Gasteiger partial charge in [0.25, 0.3) is 0 Å². The molecule has 0 atom stereocenters. The fourth-order valence-corrected chi connectivity index (χ4v) is 0.946. The standard InChI is InChI=1S/C6H10O.C2H5NO/c7-6-4-2-1-3-5-6;1-2(3)4/h1-5H2;1H3,(H2,3,4). The molecule has 0 unspecified atom stereocenters. The second-order valence-electron chi connectivity index (χ2n) is 2.71. The van der Waals surface area contributed by atoms with E-state index in [2.05, 4.69) is 5.73 Å². The molecule has 3 nitrogen and oxygen atoms in total. The molecule has 1 fully saturated rings. The first-order valence-electron chi connectivity index (χ1n) is 3.90. The van der Waals surface area contributed by atoms with Gasteiger partial charge in [-0.1, -0.05) is 6.42 Å². The second kappa shape index (κ2) is 5.89. The van der Waals surface area contributed by atoms with Gasteiger partial charge >= 0.3 is 0 Å². The van der Waals surface area contributed by atoms with Gasteiger partial charge in [0.15, 0.2) is 0 Å². The van der Waals surface area contributed by atoms with Crippen LogP contribution in [0.5, 0.6) is 0 Å². The van der Waals surface area contributed by atoms with Gasteiger partial charge in [0.1, 0.15) is 5.78 Å². The maximum Gasteiger partial charge on any atom is 0.214 e. The number of Topliss-reactive ketones (excluding diaryl/α,β-unsaturated/α-hetero) is 1. The lowest BCUT2D eigenvalue weighted by atomic mass is 10.00. The van der Waals surface area contributed by atoms with E-state index in [0.29, 0.717) is 5.78 Å². The third-order valence-corrected chi connectivity index (χ3v) is 1.41. The fraction of sp³-hybridized carbons (Fsp3) is 0.750. The van der Waals surface area contributed by atoms with E-state index < -0.39 is 0 Å². The summed E-state index contributed by atoms with van der Waals surface area (Å²) in [4.78, 5) is 19.7. The molecular weight excluding hydrogens is 142 g/mol. The molecule has 0 spiro atoms. The second-order valence-corrected chi connectivity index (χ2v) is 2.71. The quantitative estimate of drug-likeness (QED) is 0.570. The van der Waals surface area contributed by atoms with Crippen LogP contribution in [0.15, 0.2) is 0 Å². The summed E-state index contributed by atoms with van der Waals surface area (Å²) in [5, 5.41) is 0. The number of carbonyl (C=O) groups excluding carboxylic acids is 2. The van der Waals surface area contributed by atoms with Gasteiger partial charge in [0, 0.05) is 19.8 Å². The molecule has 0 aliphatic heterocycles. The van der Waals surface area contributed by atoms with E-state index in [1.165, 1.54) is 13.3 Å². The predicted octanol–water partition coefficient (Wildman–Crippen LogP) is 1.01. The van der Waals surface area contributed by atoms with Crippen LogP contribution >= 0.6 is 0 Å². The largest absolute Gasteiger partial charge is 0.370 e. The lowest BCUT2D eigenvalue weighted by Crippen LogP contribution is -2.02. The van der Waals surface area contributed by atoms with Crippen LogP contribution in [0.25, 0.3) is 0 Å². The van der Waals surface area contributed by atoms with Gasteiger partial charge in [-0.2, -0.15) is 0 Å². The molecule has 0 saturated heterocycles. The first kappa shape index (κ1) is 10.1. The SMILES string of the molecule is CC(N)=O.O=C1CCCCC1. The summed E-state index contributed by atoms with van der Waals surface area (Å²) in [5.41, 5.74) is 4.47. The van der Waals surface area contributed by atoms with Crippen LogP contribution < -0.4 is 5.73 Å². The van der Waals surface area contributed by atoms with Crippen molar-refractivity contribution >= 4 is 11.7 Å². The highest BCUT2D eigenvalue weighted by atomic mass is 16.1. The van der Waals surface area contributed by atoms with Gasteiger partial charge in [-0.3, -0.25) is 9.59 Å². The highest BCUT2D eigenvalue weighted by molar-refractivity contribution is 5.78. The van der Waals surface area contributed by atoms with Gasteiger partial charge in [-0.05, 0) is 12.8 Å². The van der Waals surface area contributed by atoms with E-state index in [9.17, 15) is 9.59 Å². The topological polar surface area (TPSA) is 60.2 Å². The average Bonchev–Trinajstić information content (AvgIpc) is 1.87. The average molecular weight is 157 g/mol. The molecule has 1 aliphatic rings. The molecule has 0 radical (unpaired) electrons. The van der Waals surface area contributed by atoms with Crippen molar-refractivity contribution in [1.82, 2.24) is 0 Å². The van der Waals surface area contributed by atoms with E-state index in [1.807, 2.05) is 0 Å². The van der Waals surface area contributed by atoms with Crippen molar-refractivity contribution in [2.24, 2.45) is 5.73 Å². The number of rotatable bonds is 0. The lowest BCUT2D eigenvalue weighted by molar-refractivity contribution is -0.120. The zero-order valence-corrected chi connectivity index (χ0v) is 6.93. The molecule has 0 aromatic rings. The Kier molecular flexibility index (Phi) is 5.43. The Bertz CT molecular complexity index is 131. The molecule has 0 aromatic carbocycles. The molecule has 64 valence electrons. The molecule has 1 saturated carbocycles. The number of hydrogen-bond acceptors (Lipinski definition) is 2. The van der Waals surface area contributed by atoms with Crippen molar-refractivity contribution in [1.29, 1.82) is 0 Å². The van der Waals surface area contributed by atoms with Gasteiger partial charge in [0.05, 0.1) is 0 Å². The van der Waals surface area contributed by atoms with Crippen LogP contribution in [0.3, 0.4) is 0 Å². The van der Waals surface area contributed by atoms with Crippen LogP contribution in [-0.4, -0.2) is 11.7 Å². The Morgan fingerprint density at radius 3 is 1.82 bits per heavy atom. The third-order valence-electron chi connectivity index (χ3n) is 1.41. The van der Waals surface area contributed by atoms with Gasteiger partial charge in [-0.15, -0.1) is 0 Å². The Balaban J connectivity index is 0.000000218. The lowest BCUT2D eigenvalue weighted by Gasteiger charge is -2.05. The Morgan fingerprint density at radius 2 is 1.64 bits per heavy atom. The summed E-state index contributed by atoms with van der Waals surface area (Å²) in [6.45, 7) is 1.31. The van der Waals surface area contributed by atoms with Crippen molar-refractivity contribution in [3.63, 3.8) is 0 Å². The van der Waals surface area contributed by atoms with Crippen LogP contribution in [0.4, 0.5) is 0 Å². The molecule has 2 N–H and O–H groups in total. The smallest absolute Gasteiger partial charge is 0.214 e. The van der Waals surface area contributed by atoms with Gasteiger partial charge < -0.3 is 5.73 Å². The normalized spacial score (nSPS) is 16.6. The van der Waals surface area contributed by atoms with E-state index >= 15 is 0 Å². The summed E-state index contributed by atoms with van der Waals surface area (Å²) in [6, 6.07) is 0. The maximum absolute atomic E-state index is 10.5. The summed E-state index contributed by atoms with van der Waals surface area (Å²) in [7, 11) is 0. The van der Waals surface area contributed by atoms with Crippen molar-refractivity contribution < 1.29 is 9.59 Å². The molecule has 1 aliphatic carbocycles. The Hall–Kier alpha value is -0.860. The zero-order valence-electron chi connectivity index (χ0n) is 6.93. The van der Waals surface area contributed by atoms with Gasteiger partial charge in [0.2, 0.25) is 5.91 Å². The summed E-state index contributed by atoms with van der Waals surface area (Å²) < 4.78 is 0. The fourth-order valence-electron chi connectivity index (χ4n) is 0.946. The predicted molar refractivity (Wildman–Crippen MR) is 43.0 cm³/mol. The minimum atomic E-state index is -0.333. The molecule has 3 heteroatoms. The molecule has 1 amide bonds. The van der Waals surface area contributed by atoms with E-state index in [4.69, 9.17) is 0 Å². The Labute approximate surface area is 67.0 Å². The number of carbonyl (C=O) groups is 2. The number of amides is 1. The maximum atomic E-state index is 10.5. The summed E-state index contributed by atoms with van der Waals surface area (Å²) >= 11 is 0. The monoisotopic (exact) mass is 157 g/mol. The zero-order chi connectivity index (χ0) is 8.69. The Morgan fingerprint density at radius 1 is 1.27 bits per heavy atom. The first-order chi connectivity index (χ1) is 5.13. The molecule has 0 bridgehead atoms. The molecular formula is C8H15NO2. The van der Waals surface area contributed by atoms with Gasteiger partial charge in [-0.25, -0.2) is 0 Å². The minimum absolute atomic E-state index is 0.333. The summed E-state index contributed by atoms with van der Waals surface area (Å²) in [6.07, 6.45) is 5.24. The number of hydrogen-bond donors (Lipinski definition) is 1.